The number of aliphatic hydroxyl groups is 1. The lowest BCUT2D eigenvalue weighted by Crippen LogP contribution is -2.69. The molecule has 3 atom stereocenters. The third kappa shape index (κ3) is 6.82. The summed E-state index contributed by atoms with van der Waals surface area (Å²) in [6, 6.07) is -1.74. The number of hydrogen-bond donors (Lipinski definition) is 2. The molecule has 1 aliphatic carbocycles. The quantitative estimate of drug-likeness (QED) is 0.253. The highest BCUT2D eigenvalue weighted by molar-refractivity contribution is 8.45. The number of amides is 2. The van der Waals surface area contributed by atoms with Gasteiger partial charge in [0.25, 0.3) is 11.8 Å². The highest BCUT2D eigenvalue weighted by Gasteiger charge is 2.69. The third-order valence-electron chi connectivity index (χ3n) is 7.90. The smallest absolute Gasteiger partial charge is 0.388 e. The Morgan fingerprint density at radius 3 is 2.15 bits per heavy atom. The van der Waals surface area contributed by atoms with Gasteiger partial charge in [-0.3, -0.25) is 24.4 Å². The lowest BCUT2D eigenvalue weighted by atomic mass is 9.84. The van der Waals surface area contributed by atoms with Crippen LogP contribution in [0, 0.1) is 11.5 Å². The first kappa shape index (κ1) is 35.1. The summed E-state index contributed by atoms with van der Waals surface area (Å²) in [6.45, 7) is 0.591. The van der Waals surface area contributed by atoms with Gasteiger partial charge in [0.2, 0.25) is 11.5 Å². The predicted molar refractivity (Wildman–Crippen MR) is 144 cm³/mol. The Hall–Kier alpha value is -3.79. The first-order valence-electron chi connectivity index (χ1n) is 13.5. The van der Waals surface area contributed by atoms with E-state index in [-0.39, 0.29) is 29.2 Å². The summed E-state index contributed by atoms with van der Waals surface area (Å²) in [5, 5.41) is 22.2. The maximum absolute atomic E-state index is 15.7. The molecule has 2 amide bonds. The Morgan fingerprint density at radius 2 is 1.67 bits per heavy atom. The zero-order chi connectivity index (χ0) is 34.6. The lowest BCUT2D eigenvalue weighted by Gasteiger charge is -2.46. The molecule has 19 heteroatoms. The largest absolute Gasteiger partial charge is 0.425 e. The van der Waals surface area contributed by atoms with Crippen molar-refractivity contribution in [1.82, 2.24) is 15.2 Å². The summed E-state index contributed by atoms with van der Waals surface area (Å²) in [7, 11) is -10.4. The molecule has 2 aliphatic rings. The van der Waals surface area contributed by atoms with E-state index in [1.807, 2.05) is 0 Å². The van der Waals surface area contributed by atoms with Crippen molar-refractivity contribution < 1.29 is 56.1 Å². The molecule has 2 aromatic rings. The fourth-order valence-corrected chi connectivity index (χ4v) is 6.36. The minimum absolute atomic E-state index is 0.139. The lowest BCUT2D eigenvalue weighted by molar-refractivity contribution is -0.198. The monoisotopic (exact) mass is 691 g/mol. The molecule has 1 aromatic carbocycles. The number of hydrogen-bond acceptors (Lipinski definition) is 6. The van der Waals surface area contributed by atoms with Gasteiger partial charge in [-0.05, 0) is 50.1 Å². The van der Waals surface area contributed by atoms with E-state index in [9.17, 15) is 48.2 Å². The number of nitrogens with zero attached hydrogens (tertiary/aromatic N) is 4. The molecule has 1 saturated carbocycles. The van der Waals surface area contributed by atoms with Crippen LogP contribution in [0.25, 0.3) is 0 Å². The van der Waals surface area contributed by atoms with Gasteiger partial charge in [0.1, 0.15) is 10.9 Å². The molecule has 0 bridgehead atoms. The summed E-state index contributed by atoms with van der Waals surface area (Å²) >= 11 is 0. The average Bonchev–Trinajstić information content (AvgIpc) is 3.25. The molecule has 0 spiro atoms. The molecule has 2 N–H and O–H groups in total. The van der Waals surface area contributed by atoms with E-state index in [1.165, 1.54) is 0 Å². The van der Waals surface area contributed by atoms with Crippen LogP contribution in [0.3, 0.4) is 0 Å². The second kappa shape index (κ2) is 10.6. The van der Waals surface area contributed by atoms with E-state index in [2.05, 4.69) is 10.3 Å². The van der Waals surface area contributed by atoms with E-state index in [4.69, 9.17) is 0 Å². The number of nitriles is 1. The summed E-state index contributed by atoms with van der Waals surface area (Å²) in [5.41, 5.74) is -8.21. The highest BCUT2D eigenvalue weighted by atomic mass is 32.5. The summed E-state index contributed by atoms with van der Waals surface area (Å²) in [5.74, 6) is -6.88. The predicted octanol–water partition coefficient (Wildman–Crippen LogP) is 6.53. The molecule has 0 radical (unpaired) electrons. The van der Waals surface area contributed by atoms with Crippen molar-refractivity contribution >= 4 is 27.7 Å². The summed E-state index contributed by atoms with van der Waals surface area (Å²) < 4.78 is 142. The van der Waals surface area contributed by atoms with Gasteiger partial charge in [-0.2, -0.15) is 18.4 Å². The molecule has 3 unspecified atom stereocenters. The van der Waals surface area contributed by atoms with Crippen molar-refractivity contribution in [3.8, 4) is 6.19 Å². The number of carbonyl (C=O) groups is 2. The van der Waals surface area contributed by atoms with Crippen LogP contribution in [0.2, 0.25) is 0 Å². The number of rotatable bonds is 7. The Balaban J connectivity index is 2.00. The summed E-state index contributed by atoms with van der Waals surface area (Å²) in [4.78, 5) is 29.7. The maximum atomic E-state index is 15.7. The Labute approximate surface area is 255 Å². The molecular weight excluding hydrogens is 664 g/mol. The third-order valence-corrected chi connectivity index (χ3v) is 9.06. The van der Waals surface area contributed by atoms with Crippen LogP contribution < -0.4 is 10.2 Å². The fraction of sp³-hybridized carbons (Fsp3) is 0.481. The SMILES string of the molecule is CC1(O)CC(C(=O)N(c2ccc(S(F)(F)(F)(F)F)cc2)C(C(=O)NC2CCC(F)(F)CC2)(c2cccnc2)C(F)(F)F)N(C#N)C1. The standard InChI is InChI=1S/C27H27F10N5O3S/c1-24(45)13-21(41(15-24)16-38)22(43)42(19-4-6-20(7-5-19)46(33,34,35,36)37)26(27(30,31)32,17-3-2-12-39-14-17)23(44)40-18-8-10-25(28,29)11-9-18/h2-7,12,14,18,21,45H,8-11,13,15H2,1H3,(H,40,44). The summed E-state index contributed by atoms with van der Waals surface area (Å²) in [6.07, 6.45) is -5.98. The number of aromatic nitrogens is 1. The molecule has 1 aliphatic heterocycles. The van der Waals surface area contributed by atoms with Gasteiger partial charge in [0, 0.05) is 48.9 Å². The van der Waals surface area contributed by atoms with Gasteiger partial charge in [-0.25, -0.2) is 8.78 Å². The zero-order valence-electron chi connectivity index (χ0n) is 23.8. The van der Waals surface area contributed by atoms with Crippen molar-refractivity contribution in [2.24, 2.45) is 0 Å². The molecule has 4 rings (SSSR count). The van der Waals surface area contributed by atoms with Crippen LogP contribution in [0.4, 0.5) is 47.1 Å². The van der Waals surface area contributed by atoms with Gasteiger partial charge in [0.15, 0.2) is 6.19 Å². The van der Waals surface area contributed by atoms with Crippen LogP contribution in [-0.2, 0) is 15.1 Å². The fourth-order valence-electron chi connectivity index (χ4n) is 5.71. The number of carbonyl (C=O) groups excluding carboxylic acids is 2. The number of pyridine rings is 1. The Morgan fingerprint density at radius 1 is 1.09 bits per heavy atom. The maximum Gasteiger partial charge on any atom is 0.425 e. The number of nitrogens with one attached hydrogen (secondary N) is 1. The molecule has 8 nitrogen and oxygen atoms in total. The number of benzene rings is 1. The topological polar surface area (TPSA) is 110 Å². The van der Waals surface area contributed by atoms with Crippen molar-refractivity contribution in [2.75, 3.05) is 11.4 Å². The van der Waals surface area contributed by atoms with E-state index < -0.39 is 112 Å². The van der Waals surface area contributed by atoms with Gasteiger partial charge in [-0.15, -0.1) is 0 Å². The van der Waals surface area contributed by atoms with E-state index in [0.717, 1.165) is 25.3 Å². The van der Waals surface area contributed by atoms with Crippen LogP contribution >= 0.6 is 10.2 Å². The van der Waals surface area contributed by atoms with Crippen molar-refractivity contribution in [2.45, 2.75) is 79.2 Å². The van der Waals surface area contributed by atoms with Crippen LogP contribution in [0.1, 0.15) is 44.6 Å². The first-order chi connectivity index (χ1) is 20.8. The van der Waals surface area contributed by atoms with Gasteiger partial charge in [0.05, 0.1) is 12.1 Å². The second-order valence-electron chi connectivity index (χ2n) is 11.6. The zero-order valence-corrected chi connectivity index (χ0v) is 24.6. The van der Waals surface area contributed by atoms with Gasteiger partial charge in [-0.1, -0.05) is 25.5 Å². The van der Waals surface area contributed by atoms with Crippen molar-refractivity contribution in [3.63, 3.8) is 0 Å². The van der Waals surface area contributed by atoms with E-state index in [1.54, 1.807) is 6.19 Å². The number of anilines is 1. The minimum atomic E-state index is -10.4. The number of alkyl halides is 5. The molecule has 2 fully saturated rings. The highest BCUT2D eigenvalue weighted by Crippen LogP contribution is 3.02. The second-order valence-corrected chi connectivity index (χ2v) is 14.0. The molecule has 1 saturated heterocycles. The number of halogens is 10. The molecule has 46 heavy (non-hydrogen) atoms. The van der Waals surface area contributed by atoms with Gasteiger partial charge >= 0.3 is 16.4 Å². The average molecular weight is 692 g/mol. The Bertz CT molecular complexity index is 1520. The first-order valence-corrected chi connectivity index (χ1v) is 15.5. The van der Waals surface area contributed by atoms with Gasteiger partial charge < -0.3 is 10.4 Å². The Kier molecular flexibility index (Phi) is 8.10. The number of likely N-dealkylation sites (tertiary alicyclic amines) is 1. The minimum Gasteiger partial charge on any atom is -0.388 e. The molecular formula is C27H27F10N5O3S. The van der Waals surface area contributed by atoms with Crippen LogP contribution in [-0.4, -0.2) is 63.1 Å². The van der Waals surface area contributed by atoms with E-state index in [0.29, 0.717) is 11.1 Å². The molecule has 1 aromatic heterocycles. The van der Waals surface area contributed by atoms with E-state index >= 15 is 13.2 Å². The van der Waals surface area contributed by atoms with Crippen molar-refractivity contribution in [1.29, 1.82) is 5.26 Å². The number of β-amino-alcohol motifs (C(OH)–C–C–N with tert-alkyl or cyclic N) is 1. The van der Waals surface area contributed by atoms with Crippen LogP contribution in [0.15, 0.2) is 53.7 Å². The normalized spacial score (nSPS) is 25.0. The molecule has 2 heterocycles. The van der Waals surface area contributed by atoms with Crippen molar-refractivity contribution in [3.05, 3.63) is 54.4 Å². The van der Waals surface area contributed by atoms with Crippen LogP contribution in [0.5, 0.6) is 0 Å². The molecule has 254 valence electrons.